The highest BCUT2D eigenvalue weighted by molar-refractivity contribution is 4.84. The quantitative estimate of drug-likeness (QED) is 0.659. The highest BCUT2D eigenvalue weighted by atomic mass is 16.5. The Morgan fingerprint density at radius 3 is 2.77 bits per heavy atom. The van der Waals surface area contributed by atoms with Crippen LogP contribution < -0.4 is 5.73 Å². The van der Waals surface area contributed by atoms with Crippen molar-refractivity contribution in [2.45, 2.75) is 57.3 Å². The van der Waals surface area contributed by atoms with E-state index in [2.05, 4.69) is 6.07 Å². The van der Waals surface area contributed by atoms with Gasteiger partial charge in [0.05, 0.1) is 12.2 Å². The predicted molar refractivity (Wildman–Crippen MR) is 51.0 cm³/mol. The maximum Gasteiger partial charge on any atom is 0.141 e. The van der Waals surface area contributed by atoms with E-state index in [1.807, 2.05) is 0 Å². The molecule has 0 aliphatic heterocycles. The van der Waals surface area contributed by atoms with Gasteiger partial charge in [0.25, 0.3) is 0 Å². The van der Waals surface area contributed by atoms with E-state index in [4.69, 9.17) is 15.7 Å². The van der Waals surface area contributed by atoms with E-state index in [-0.39, 0.29) is 18.2 Å². The van der Waals surface area contributed by atoms with Crippen LogP contribution >= 0.6 is 0 Å². The van der Waals surface area contributed by atoms with Crippen LogP contribution in [0, 0.1) is 11.3 Å². The van der Waals surface area contributed by atoms with E-state index in [0.717, 1.165) is 12.8 Å². The van der Waals surface area contributed by atoms with Crippen molar-refractivity contribution in [1.82, 2.24) is 0 Å². The minimum absolute atomic E-state index is 0.0946. The number of hydrogen-bond donors (Lipinski definition) is 1. The smallest absolute Gasteiger partial charge is 0.141 e. The van der Waals surface area contributed by atoms with E-state index < -0.39 is 0 Å². The summed E-state index contributed by atoms with van der Waals surface area (Å²) in [5.41, 5.74) is 5.95. The molecule has 0 aromatic carbocycles. The van der Waals surface area contributed by atoms with Crippen molar-refractivity contribution in [3.8, 4) is 6.07 Å². The lowest BCUT2D eigenvalue weighted by Crippen LogP contribution is -2.37. The van der Waals surface area contributed by atoms with Crippen molar-refractivity contribution in [2.75, 3.05) is 0 Å². The second-order valence-corrected chi connectivity index (χ2v) is 3.75. The summed E-state index contributed by atoms with van der Waals surface area (Å²) in [7, 11) is 0. The zero-order chi connectivity index (χ0) is 9.68. The fourth-order valence-electron chi connectivity index (χ4n) is 1.76. The fraction of sp³-hybridized carbons (Fsp3) is 0.900. The van der Waals surface area contributed by atoms with Gasteiger partial charge in [0.2, 0.25) is 0 Å². The topological polar surface area (TPSA) is 59.0 Å². The van der Waals surface area contributed by atoms with Gasteiger partial charge in [-0.15, -0.1) is 0 Å². The van der Waals surface area contributed by atoms with Crippen LogP contribution in [0.15, 0.2) is 0 Å². The lowest BCUT2D eigenvalue weighted by molar-refractivity contribution is 0.00696. The molecular weight excluding hydrogens is 164 g/mol. The molecule has 0 saturated heterocycles. The Labute approximate surface area is 79.9 Å². The number of hydrogen-bond acceptors (Lipinski definition) is 3. The van der Waals surface area contributed by atoms with Crippen molar-refractivity contribution in [3.05, 3.63) is 0 Å². The van der Waals surface area contributed by atoms with Crippen LogP contribution in [0.1, 0.15) is 39.0 Å². The molecule has 1 saturated carbocycles. The lowest BCUT2D eigenvalue weighted by atomic mass is 10.1. The number of nitriles is 1. The predicted octanol–water partition coefficient (Wildman–Crippen LogP) is 1.58. The van der Waals surface area contributed by atoms with Crippen molar-refractivity contribution in [1.29, 1.82) is 5.26 Å². The van der Waals surface area contributed by atoms with E-state index in [9.17, 15) is 0 Å². The van der Waals surface area contributed by atoms with Crippen molar-refractivity contribution in [3.63, 3.8) is 0 Å². The Kier molecular flexibility index (Phi) is 4.20. The van der Waals surface area contributed by atoms with Gasteiger partial charge < -0.3 is 10.5 Å². The summed E-state index contributed by atoms with van der Waals surface area (Å²) in [5.74, 6) is 0. The van der Waals surface area contributed by atoms with Crippen LogP contribution in [0.3, 0.4) is 0 Å². The van der Waals surface area contributed by atoms with Crippen LogP contribution in [0.5, 0.6) is 0 Å². The third kappa shape index (κ3) is 3.33. The Hall–Kier alpha value is -0.590. The highest BCUT2D eigenvalue weighted by Gasteiger charge is 2.22. The molecule has 1 aliphatic carbocycles. The first kappa shape index (κ1) is 10.5. The van der Waals surface area contributed by atoms with Crippen LogP contribution in [-0.4, -0.2) is 18.2 Å². The number of nitrogens with zero attached hydrogens (tertiary/aromatic N) is 1. The van der Waals surface area contributed by atoms with Crippen molar-refractivity contribution < 1.29 is 4.74 Å². The Bertz CT molecular complexity index is 188. The first-order chi connectivity index (χ1) is 6.24. The monoisotopic (exact) mass is 182 g/mol. The molecule has 0 aromatic rings. The van der Waals surface area contributed by atoms with E-state index in [1.54, 1.807) is 6.92 Å². The highest BCUT2D eigenvalue weighted by Crippen LogP contribution is 2.20. The Balaban J connectivity index is 2.41. The molecule has 0 spiro atoms. The van der Waals surface area contributed by atoms with Gasteiger partial charge in [0, 0.05) is 6.04 Å². The molecule has 0 bridgehead atoms. The van der Waals surface area contributed by atoms with Crippen molar-refractivity contribution in [2.24, 2.45) is 5.73 Å². The largest absolute Gasteiger partial charge is 0.359 e. The standard InChI is InChI=1S/C10H18N2O/c1-8(7-11)13-10-6-4-2-3-5-9(10)12/h8-10H,2-6,12H2,1H3. The zero-order valence-electron chi connectivity index (χ0n) is 8.20. The first-order valence-electron chi connectivity index (χ1n) is 5.04. The van der Waals surface area contributed by atoms with Gasteiger partial charge in [-0.25, -0.2) is 0 Å². The Morgan fingerprint density at radius 1 is 1.38 bits per heavy atom. The van der Waals surface area contributed by atoms with Gasteiger partial charge in [-0.05, 0) is 19.8 Å². The van der Waals surface area contributed by atoms with Gasteiger partial charge in [-0.2, -0.15) is 5.26 Å². The van der Waals surface area contributed by atoms with Crippen molar-refractivity contribution >= 4 is 0 Å². The van der Waals surface area contributed by atoms with Crippen LogP contribution in [0.2, 0.25) is 0 Å². The van der Waals surface area contributed by atoms with Gasteiger partial charge in [0.15, 0.2) is 0 Å². The van der Waals surface area contributed by atoms with Crippen LogP contribution in [0.25, 0.3) is 0 Å². The average molecular weight is 182 g/mol. The van der Waals surface area contributed by atoms with Gasteiger partial charge in [-0.3, -0.25) is 0 Å². The molecule has 2 N–H and O–H groups in total. The second-order valence-electron chi connectivity index (χ2n) is 3.75. The molecule has 0 radical (unpaired) electrons. The van der Waals surface area contributed by atoms with E-state index in [0.29, 0.717) is 0 Å². The summed E-state index contributed by atoms with van der Waals surface area (Å²) < 4.78 is 5.55. The molecule has 3 nitrogen and oxygen atoms in total. The number of rotatable bonds is 2. The summed E-state index contributed by atoms with van der Waals surface area (Å²) in [6.45, 7) is 1.78. The molecule has 0 aromatic heterocycles. The molecule has 0 amide bonds. The maximum absolute atomic E-state index is 8.61. The van der Waals surface area contributed by atoms with Crippen LogP contribution in [-0.2, 0) is 4.74 Å². The molecule has 13 heavy (non-hydrogen) atoms. The third-order valence-corrected chi connectivity index (χ3v) is 2.56. The fourth-order valence-corrected chi connectivity index (χ4v) is 1.76. The third-order valence-electron chi connectivity index (χ3n) is 2.56. The Morgan fingerprint density at radius 2 is 2.08 bits per heavy atom. The van der Waals surface area contributed by atoms with Gasteiger partial charge in [0.1, 0.15) is 6.10 Å². The van der Waals surface area contributed by atoms with E-state index in [1.165, 1.54) is 19.3 Å². The van der Waals surface area contributed by atoms with Crippen LogP contribution in [0.4, 0.5) is 0 Å². The summed E-state index contributed by atoms with van der Waals surface area (Å²) in [5, 5.41) is 8.61. The summed E-state index contributed by atoms with van der Waals surface area (Å²) in [4.78, 5) is 0. The molecule has 1 rings (SSSR count). The molecule has 74 valence electrons. The zero-order valence-corrected chi connectivity index (χ0v) is 8.20. The molecule has 3 heteroatoms. The van der Waals surface area contributed by atoms with E-state index >= 15 is 0 Å². The second kappa shape index (κ2) is 5.21. The minimum Gasteiger partial charge on any atom is -0.359 e. The average Bonchev–Trinajstić information content (AvgIpc) is 2.32. The summed E-state index contributed by atoms with van der Waals surface area (Å²) in [6, 6.07) is 2.20. The molecule has 0 heterocycles. The molecule has 1 aliphatic rings. The molecule has 3 unspecified atom stereocenters. The maximum atomic E-state index is 8.61. The number of ether oxygens (including phenoxy) is 1. The van der Waals surface area contributed by atoms with Gasteiger partial charge >= 0.3 is 0 Å². The van der Waals surface area contributed by atoms with Gasteiger partial charge in [-0.1, -0.05) is 19.3 Å². The molecule has 3 atom stereocenters. The summed E-state index contributed by atoms with van der Waals surface area (Å²) >= 11 is 0. The molecule has 1 fully saturated rings. The molecular formula is C10H18N2O. The SMILES string of the molecule is CC(C#N)OC1CCCCCC1N. The lowest BCUT2D eigenvalue weighted by Gasteiger charge is -2.22. The normalized spacial score (nSPS) is 31.8. The summed E-state index contributed by atoms with van der Waals surface area (Å²) in [6.07, 6.45) is 5.43. The number of nitrogens with two attached hydrogens (primary N) is 1. The first-order valence-corrected chi connectivity index (χ1v) is 5.04. The minimum atomic E-state index is -0.325.